The van der Waals surface area contributed by atoms with Crippen LogP contribution in [-0.2, 0) is 4.74 Å². The van der Waals surface area contributed by atoms with Gasteiger partial charge in [-0.25, -0.2) is 4.79 Å². The summed E-state index contributed by atoms with van der Waals surface area (Å²) in [4.78, 5) is 15.5. The number of carbonyl (C=O) groups excluding carboxylic acids is 1. The molecule has 2 fully saturated rings. The summed E-state index contributed by atoms with van der Waals surface area (Å²) in [6.45, 7) is 10.6. The first-order chi connectivity index (χ1) is 9.51. The Hall–Kier alpha value is -0.810. The largest absolute Gasteiger partial charge is 0.448 e. The molecule has 5 heteroatoms. The fourth-order valence-electron chi connectivity index (χ4n) is 3.54. The third-order valence-corrected chi connectivity index (χ3v) is 5.16. The van der Waals surface area contributed by atoms with Crippen molar-refractivity contribution < 1.29 is 9.53 Å². The van der Waals surface area contributed by atoms with Gasteiger partial charge in [0.15, 0.2) is 0 Å². The van der Waals surface area contributed by atoms with E-state index >= 15 is 0 Å². The number of rotatable bonds is 4. The van der Waals surface area contributed by atoms with E-state index in [0.717, 1.165) is 19.6 Å². The van der Waals surface area contributed by atoms with Gasteiger partial charge < -0.3 is 15.4 Å². The molecule has 0 bridgehead atoms. The molecule has 0 aromatic rings. The Morgan fingerprint density at radius 1 is 1.15 bits per heavy atom. The highest BCUT2D eigenvalue weighted by Gasteiger charge is 2.37. The lowest BCUT2D eigenvalue weighted by Gasteiger charge is -2.47. The van der Waals surface area contributed by atoms with Crippen LogP contribution in [0, 0.1) is 5.41 Å². The van der Waals surface area contributed by atoms with Crippen molar-refractivity contribution in [2.24, 2.45) is 11.1 Å². The van der Waals surface area contributed by atoms with Crippen molar-refractivity contribution >= 4 is 6.09 Å². The summed E-state index contributed by atoms with van der Waals surface area (Å²) in [7, 11) is 0. The molecule has 2 N–H and O–H groups in total. The molecule has 116 valence electrons. The molecule has 0 aromatic heterocycles. The fraction of sp³-hybridized carbons (Fsp3) is 0.933. The zero-order valence-electron chi connectivity index (χ0n) is 12.9. The summed E-state index contributed by atoms with van der Waals surface area (Å²) < 4.78 is 4.81. The van der Waals surface area contributed by atoms with Crippen LogP contribution in [0.3, 0.4) is 0 Å². The van der Waals surface area contributed by atoms with Crippen LogP contribution in [0.15, 0.2) is 0 Å². The number of nitrogens with two attached hydrogens (primary N) is 1. The van der Waals surface area contributed by atoms with E-state index in [1.807, 2.05) is 0 Å². The van der Waals surface area contributed by atoms with E-state index in [1.54, 1.807) is 0 Å². The van der Waals surface area contributed by atoms with Gasteiger partial charge in [-0.05, 0) is 71.1 Å². The van der Waals surface area contributed by atoms with Gasteiger partial charge in [-0.15, -0.1) is 0 Å². The first-order valence-corrected chi connectivity index (χ1v) is 7.89. The Balaban J connectivity index is 1.70. The smallest absolute Gasteiger partial charge is 0.404 e. The molecule has 20 heavy (non-hydrogen) atoms. The highest BCUT2D eigenvalue weighted by atomic mass is 16.5. The van der Waals surface area contributed by atoms with E-state index in [4.69, 9.17) is 10.5 Å². The maximum atomic E-state index is 10.5. The lowest BCUT2D eigenvalue weighted by Crippen LogP contribution is -2.48. The number of hydrogen-bond donors (Lipinski definition) is 1. The van der Waals surface area contributed by atoms with Gasteiger partial charge in [-0.2, -0.15) is 0 Å². The van der Waals surface area contributed by atoms with Crippen molar-refractivity contribution in [2.75, 3.05) is 39.3 Å². The van der Waals surface area contributed by atoms with Gasteiger partial charge in [0.05, 0.1) is 0 Å². The number of likely N-dealkylation sites (tertiary alicyclic amines) is 2. The van der Waals surface area contributed by atoms with Crippen LogP contribution >= 0.6 is 0 Å². The second-order valence-corrected chi connectivity index (χ2v) is 6.64. The molecule has 1 spiro atoms. The van der Waals surface area contributed by atoms with Crippen LogP contribution in [0.5, 0.6) is 0 Å². The number of ether oxygens (including phenoxy) is 1. The second-order valence-electron chi connectivity index (χ2n) is 6.64. The van der Waals surface area contributed by atoms with Gasteiger partial charge in [0.1, 0.15) is 6.61 Å². The zero-order valence-corrected chi connectivity index (χ0v) is 12.9. The molecular formula is C15H29N3O2. The summed E-state index contributed by atoms with van der Waals surface area (Å²) in [5.41, 5.74) is 5.55. The maximum absolute atomic E-state index is 10.5. The van der Waals surface area contributed by atoms with E-state index in [1.165, 1.54) is 38.8 Å². The summed E-state index contributed by atoms with van der Waals surface area (Å²) in [6.07, 6.45) is 4.60. The average molecular weight is 283 g/mol. The summed E-state index contributed by atoms with van der Waals surface area (Å²) in [5, 5.41) is 0. The Morgan fingerprint density at radius 2 is 1.70 bits per heavy atom. The predicted octanol–water partition coefficient (Wildman–Crippen LogP) is 1.67. The van der Waals surface area contributed by atoms with Gasteiger partial charge >= 0.3 is 6.09 Å². The van der Waals surface area contributed by atoms with Crippen LogP contribution in [-0.4, -0.2) is 61.3 Å². The summed E-state index contributed by atoms with van der Waals surface area (Å²) in [6, 6.07) is 0.679. The third kappa shape index (κ3) is 4.09. The lowest BCUT2D eigenvalue weighted by molar-refractivity contribution is 0.0200. The van der Waals surface area contributed by atoms with Gasteiger partial charge in [0.2, 0.25) is 0 Å². The van der Waals surface area contributed by atoms with Gasteiger partial charge in [0.25, 0.3) is 0 Å². The second kappa shape index (κ2) is 6.76. The predicted molar refractivity (Wildman–Crippen MR) is 79.6 cm³/mol. The van der Waals surface area contributed by atoms with E-state index in [0.29, 0.717) is 18.1 Å². The molecule has 2 aliphatic rings. The lowest BCUT2D eigenvalue weighted by atomic mass is 9.71. The quantitative estimate of drug-likeness (QED) is 0.852. The number of amides is 1. The minimum absolute atomic E-state index is 0.420. The maximum Gasteiger partial charge on any atom is 0.404 e. The van der Waals surface area contributed by atoms with Gasteiger partial charge in [0, 0.05) is 12.6 Å². The number of hydrogen-bond acceptors (Lipinski definition) is 4. The van der Waals surface area contributed by atoms with Crippen LogP contribution in [0.2, 0.25) is 0 Å². The topological polar surface area (TPSA) is 58.8 Å². The summed E-state index contributed by atoms with van der Waals surface area (Å²) >= 11 is 0. The molecule has 2 aliphatic heterocycles. The Morgan fingerprint density at radius 3 is 2.20 bits per heavy atom. The summed E-state index contributed by atoms with van der Waals surface area (Å²) in [5.74, 6) is 0. The Kier molecular flexibility index (Phi) is 5.27. The number of carbonyl (C=O) groups is 1. The van der Waals surface area contributed by atoms with Gasteiger partial charge in [-0.3, -0.25) is 4.90 Å². The van der Waals surface area contributed by atoms with Crippen LogP contribution < -0.4 is 5.73 Å². The van der Waals surface area contributed by atoms with Crippen molar-refractivity contribution in [3.8, 4) is 0 Å². The van der Waals surface area contributed by atoms with Crippen molar-refractivity contribution in [2.45, 2.75) is 45.6 Å². The van der Waals surface area contributed by atoms with Crippen molar-refractivity contribution in [3.05, 3.63) is 0 Å². The van der Waals surface area contributed by atoms with Gasteiger partial charge in [-0.1, -0.05) is 0 Å². The highest BCUT2D eigenvalue weighted by Crippen LogP contribution is 2.41. The van der Waals surface area contributed by atoms with E-state index in [-0.39, 0.29) is 0 Å². The standard InChI is InChI=1S/C15H29N3O2/c1-13(2)18-9-5-15(6-10-18)3-7-17(8-4-15)11-12-20-14(16)19/h13H,3-12H2,1-2H3,(H2,16,19). The number of primary amides is 1. The third-order valence-electron chi connectivity index (χ3n) is 5.16. The molecule has 5 nitrogen and oxygen atoms in total. The molecule has 0 unspecified atom stereocenters. The Labute approximate surface area is 122 Å². The van der Waals surface area contributed by atoms with E-state index in [2.05, 4.69) is 23.6 Å². The first kappa shape index (κ1) is 15.6. The minimum Gasteiger partial charge on any atom is -0.448 e. The van der Waals surface area contributed by atoms with Crippen molar-refractivity contribution in [1.82, 2.24) is 9.80 Å². The molecule has 0 saturated carbocycles. The van der Waals surface area contributed by atoms with Crippen LogP contribution in [0.1, 0.15) is 39.5 Å². The van der Waals surface area contributed by atoms with Crippen LogP contribution in [0.4, 0.5) is 4.79 Å². The van der Waals surface area contributed by atoms with Crippen molar-refractivity contribution in [3.63, 3.8) is 0 Å². The average Bonchev–Trinajstić information content (AvgIpc) is 2.41. The molecular weight excluding hydrogens is 254 g/mol. The van der Waals surface area contributed by atoms with Crippen LogP contribution in [0.25, 0.3) is 0 Å². The monoisotopic (exact) mass is 283 g/mol. The zero-order chi connectivity index (χ0) is 14.6. The Bertz CT molecular complexity index is 315. The normalized spacial score (nSPS) is 24.1. The number of nitrogens with zero attached hydrogens (tertiary/aromatic N) is 2. The highest BCUT2D eigenvalue weighted by molar-refractivity contribution is 5.64. The molecule has 2 heterocycles. The molecule has 1 amide bonds. The molecule has 0 aromatic carbocycles. The first-order valence-electron chi connectivity index (χ1n) is 7.89. The fourth-order valence-corrected chi connectivity index (χ4v) is 3.54. The molecule has 0 atom stereocenters. The molecule has 2 saturated heterocycles. The molecule has 0 radical (unpaired) electrons. The van der Waals surface area contributed by atoms with E-state index < -0.39 is 6.09 Å². The van der Waals surface area contributed by atoms with Crippen molar-refractivity contribution in [1.29, 1.82) is 0 Å². The molecule has 0 aliphatic carbocycles. The minimum atomic E-state index is -0.667. The number of piperidine rings is 2. The molecule has 2 rings (SSSR count). The SMILES string of the molecule is CC(C)N1CCC2(CCN(CCOC(N)=O)CC2)CC1. The van der Waals surface area contributed by atoms with E-state index in [9.17, 15) is 4.79 Å².